The quantitative estimate of drug-likeness (QED) is 0.813. The van der Waals surface area contributed by atoms with E-state index < -0.39 is 0 Å². The van der Waals surface area contributed by atoms with Crippen LogP contribution in [-0.4, -0.2) is 30.1 Å². The molecule has 0 N–H and O–H groups in total. The van der Waals surface area contributed by atoms with Crippen molar-refractivity contribution < 1.29 is 9.53 Å². The number of hydrogen-bond donors (Lipinski definition) is 0. The van der Waals surface area contributed by atoms with Crippen molar-refractivity contribution in [1.29, 1.82) is 0 Å². The highest BCUT2D eigenvalue weighted by molar-refractivity contribution is 9.10. The van der Waals surface area contributed by atoms with Gasteiger partial charge in [-0.2, -0.15) is 0 Å². The van der Waals surface area contributed by atoms with E-state index in [4.69, 9.17) is 4.74 Å². The van der Waals surface area contributed by atoms with Crippen LogP contribution in [0.15, 0.2) is 28.7 Å². The zero-order valence-corrected chi connectivity index (χ0v) is 13.7. The SMILES string of the molecule is CCCN(C(=O)C1CCCO1)C(C)c1ccccc1Br. The Bertz CT molecular complexity index is 458. The summed E-state index contributed by atoms with van der Waals surface area (Å²) in [6.45, 7) is 5.66. The van der Waals surface area contributed by atoms with Crippen molar-refractivity contribution in [2.24, 2.45) is 0 Å². The number of hydrogen-bond acceptors (Lipinski definition) is 2. The minimum atomic E-state index is -0.244. The predicted octanol–water partition coefficient (Wildman–Crippen LogP) is 3.93. The van der Waals surface area contributed by atoms with Gasteiger partial charge in [-0.05, 0) is 37.8 Å². The van der Waals surface area contributed by atoms with Crippen molar-refractivity contribution >= 4 is 21.8 Å². The maximum atomic E-state index is 12.6. The number of carbonyl (C=O) groups excluding carboxylic acids is 1. The molecule has 1 heterocycles. The van der Waals surface area contributed by atoms with Crippen LogP contribution in [0.5, 0.6) is 0 Å². The lowest BCUT2D eigenvalue weighted by molar-refractivity contribution is -0.143. The van der Waals surface area contributed by atoms with Crippen LogP contribution < -0.4 is 0 Å². The summed E-state index contributed by atoms with van der Waals surface area (Å²) in [5, 5.41) is 0. The molecule has 1 fully saturated rings. The van der Waals surface area contributed by atoms with Gasteiger partial charge in [-0.15, -0.1) is 0 Å². The molecule has 110 valence electrons. The fourth-order valence-electron chi connectivity index (χ4n) is 2.67. The van der Waals surface area contributed by atoms with Crippen molar-refractivity contribution in [3.63, 3.8) is 0 Å². The number of halogens is 1. The molecule has 4 heteroatoms. The second-order valence-corrected chi connectivity index (χ2v) is 6.09. The van der Waals surface area contributed by atoms with E-state index in [9.17, 15) is 4.79 Å². The van der Waals surface area contributed by atoms with E-state index in [0.717, 1.165) is 35.8 Å². The van der Waals surface area contributed by atoms with Crippen molar-refractivity contribution in [2.45, 2.75) is 45.3 Å². The molecule has 0 aromatic heterocycles. The van der Waals surface area contributed by atoms with E-state index in [-0.39, 0.29) is 18.1 Å². The minimum Gasteiger partial charge on any atom is -0.368 e. The summed E-state index contributed by atoms with van der Waals surface area (Å²) in [6, 6.07) is 8.15. The third-order valence-corrected chi connectivity index (χ3v) is 4.50. The van der Waals surface area contributed by atoms with E-state index in [1.54, 1.807) is 0 Å². The van der Waals surface area contributed by atoms with Gasteiger partial charge in [-0.3, -0.25) is 4.79 Å². The van der Waals surface area contributed by atoms with Gasteiger partial charge in [-0.1, -0.05) is 41.1 Å². The number of carbonyl (C=O) groups is 1. The first-order chi connectivity index (χ1) is 9.65. The Morgan fingerprint density at radius 1 is 1.50 bits per heavy atom. The highest BCUT2D eigenvalue weighted by Gasteiger charge is 2.31. The van der Waals surface area contributed by atoms with Gasteiger partial charge in [0.25, 0.3) is 5.91 Å². The molecule has 20 heavy (non-hydrogen) atoms. The Morgan fingerprint density at radius 2 is 2.25 bits per heavy atom. The van der Waals surface area contributed by atoms with Crippen molar-refractivity contribution in [3.8, 4) is 0 Å². The summed E-state index contributed by atoms with van der Waals surface area (Å²) in [5.74, 6) is 0.132. The molecule has 1 aromatic rings. The summed E-state index contributed by atoms with van der Waals surface area (Å²) >= 11 is 3.58. The van der Waals surface area contributed by atoms with Gasteiger partial charge >= 0.3 is 0 Å². The monoisotopic (exact) mass is 339 g/mol. The van der Waals surface area contributed by atoms with Crippen LogP contribution in [-0.2, 0) is 9.53 Å². The summed E-state index contributed by atoms with van der Waals surface area (Å²) in [6.07, 6.45) is 2.54. The molecule has 3 nitrogen and oxygen atoms in total. The molecule has 0 bridgehead atoms. The highest BCUT2D eigenvalue weighted by atomic mass is 79.9. The molecular formula is C16H22BrNO2. The van der Waals surface area contributed by atoms with Crippen molar-refractivity contribution in [1.82, 2.24) is 4.90 Å². The normalized spacial score (nSPS) is 19.9. The fourth-order valence-corrected chi connectivity index (χ4v) is 3.29. The fraction of sp³-hybridized carbons (Fsp3) is 0.562. The molecule has 0 radical (unpaired) electrons. The lowest BCUT2D eigenvalue weighted by Crippen LogP contribution is -2.41. The van der Waals surface area contributed by atoms with Crippen molar-refractivity contribution in [2.75, 3.05) is 13.2 Å². The van der Waals surface area contributed by atoms with Gasteiger partial charge in [0.2, 0.25) is 0 Å². The molecule has 0 aliphatic carbocycles. The Balaban J connectivity index is 2.19. The van der Waals surface area contributed by atoms with Crippen LogP contribution in [0, 0.1) is 0 Å². The average Bonchev–Trinajstić information content (AvgIpc) is 2.98. The standard InChI is InChI=1S/C16H22BrNO2/c1-3-10-18(16(19)15-9-6-11-20-15)12(2)13-7-4-5-8-14(13)17/h4-5,7-8,12,15H,3,6,9-11H2,1-2H3. The molecule has 1 amide bonds. The number of amides is 1. The van der Waals surface area contributed by atoms with Gasteiger partial charge < -0.3 is 9.64 Å². The zero-order valence-electron chi connectivity index (χ0n) is 12.1. The third kappa shape index (κ3) is 3.41. The summed E-state index contributed by atoms with van der Waals surface area (Å²) in [5.41, 5.74) is 1.15. The molecule has 1 saturated heterocycles. The minimum absolute atomic E-state index is 0.0576. The molecule has 2 rings (SSSR count). The van der Waals surface area contributed by atoms with Gasteiger partial charge in [0, 0.05) is 17.6 Å². The molecule has 1 aliphatic heterocycles. The van der Waals surface area contributed by atoms with E-state index in [2.05, 4.69) is 35.8 Å². The van der Waals surface area contributed by atoms with E-state index in [1.807, 2.05) is 23.1 Å². The van der Waals surface area contributed by atoms with Crippen LogP contribution in [0.25, 0.3) is 0 Å². The molecule has 0 saturated carbocycles. The summed E-state index contributed by atoms with van der Waals surface area (Å²) < 4.78 is 6.61. The lowest BCUT2D eigenvalue weighted by Gasteiger charge is -2.31. The van der Waals surface area contributed by atoms with Gasteiger partial charge in [0.1, 0.15) is 6.10 Å². The molecule has 2 atom stereocenters. The number of benzene rings is 1. The first-order valence-corrected chi connectivity index (χ1v) is 8.11. The summed E-state index contributed by atoms with van der Waals surface area (Å²) in [4.78, 5) is 14.6. The Hall–Kier alpha value is -0.870. The third-order valence-electron chi connectivity index (χ3n) is 3.78. The van der Waals surface area contributed by atoms with Crippen LogP contribution in [0.2, 0.25) is 0 Å². The molecule has 0 spiro atoms. The zero-order chi connectivity index (χ0) is 14.5. The van der Waals surface area contributed by atoms with E-state index >= 15 is 0 Å². The predicted molar refractivity (Wildman–Crippen MR) is 83.5 cm³/mol. The first-order valence-electron chi connectivity index (χ1n) is 7.31. The average molecular weight is 340 g/mol. The van der Waals surface area contributed by atoms with Gasteiger partial charge in [0.05, 0.1) is 6.04 Å². The number of ether oxygens (including phenoxy) is 1. The van der Waals surface area contributed by atoms with Crippen LogP contribution in [0.1, 0.15) is 44.7 Å². The summed E-state index contributed by atoms with van der Waals surface area (Å²) in [7, 11) is 0. The molecule has 2 unspecified atom stereocenters. The van der Waals surface area contributed by atoms with Gasteiger partial charge in [0.15, 0.2) is 0 Å². The Morgan fingerprint density at radius 3 is 2.85 bits per heavy atom. The maximum Gasteiger partial charge on any atom is 0.252 e. The Labute approximate surface area is 129 Å². The lowest BCUT2D eigenvalue weighted by atomic mass is 10.1. The number of nitrogens with zero attached hydrogens (tertiary/aromatic N) is 1. The topological polar surface area (TPSA) is 29.5 Å². The second kappa shape index (κ2) is 7.23. The van der Waals surface area contributed by atoms with E-state index in [0.29, 0.717) is 6.61 Å². The molecule has 1 aromatic carbocycles. The second-order valence-electron chi connectivity index (χ2n) is 5.23. The molecular weight excluding hydrogens is 318 g/mol. The van der Waals surface area contributed by atoms with E-state index in [1.165, 1.54) is 0 Å². The van der Waals surface area contributed by atoms with Gasteiger partial charge in [-0.25, -0.2) is 0 Å². The smallest absolute Gasteiger partial charge is 0.252 e. The maximum absolute atomic E-state index is 12.6. The first kappa shape index (κ1) is 15.5. The Kier molecular flexibility index (Phi) is 5.61. The number of rotatable bonds is 5. The van der Waals surface area contributed by atoms with Crippen LogP contribution in [0.3, 0.4) is 0 Å². The highest BCUT2D eigenvalue weighted by Crippen LogP contribution is 2.29. The molecule has 1 aliphatic rings. The van der Waals surface area contributed by atoms with Crippen molar-refractivity contribution in [3.05, 3.63) is 34.3 Å². The van der Waals surface area contributed by atoms with Crippen LogP contribution in [0.4, 0.5) is 0 Å². The largest absolute Gasteiger partial charge is 0.368 e. The van der Waals surface area contributed by atoms with Crippen LogP contribution >= 0.6 is 15.9 Å².